The van der Waals surface area contributed by atoms with Crippen LogP contribution >= 0.6 is 0 Å². The highest BCUT2D eigenvalue weighted by atomic mass is 16.6. The van der Waals surface area contributed by atoms with Crippen LogP contribution < -0.4 is 0 Å². The minimum absolute atomic E-state index is 0.0805. The molecule has 6 heteroatoms. The lowest BCUT2D eigenvalue weighted by Gasteiger charge is -2.18. The van der Waals surface area contributed by atoms with Gasteiger partial charge in [-0.3, -0.25) is 14.4 Å². The Balaban J connectivity index is 4.20. The van der Waals surface area contributed by atoms with E-state index in [-0.39, 0.29) is 31.1 Å². The first kappa shape index (κ1) is 78.8. The molecule has 6 nitrogen and oxygen atoms in total. The van der Waals surface area contributed by atoms with Gasteiger partial charge < -0.3 is 14.2 Å². The molecular formula is C76H136O6. The normalized spacial score (nSPS) is 12.5. The van der Waals surface area contributed by atoms with Crippen molar-refractivity contribution in [3.05, 3.63) is 72.9 Å². The standard InChI is InChI=1S/C76H136O6/c1-4-7-10-13-16-19-22-25-27-29-31-33-34-35-36-37-38-39-40-41-42-43-45-46-48-51-54-57-60-63-66-69-75(78)81-72-73(71-80-74(77)68-65-62-59-56-53-50-24-21-18-15-12-9-6-3)82-76(79)70-67-64-61-58-55-52-49-47-44-32-30-28-26-23-20-17-14-11-8-5-2/h9,12,18,21-22,25,29,31,34-35,50,53,73H,4-8,10-11,13-17,19-20,23-24,26-28,30,32-33,36-49,51-52,54-72H2,1-3H3/b12-9-,21-18-,25-22-,31-29-,35-34-,53-50-. The van der Waals surface area contributed by atoms with E-state index in [9.17, 15) is 14.4 Å². The van der Waals surface area contributed by atoms with E-state index in [1.807, 2.05) is 0 Å². The molecule has 0 aromatic heterocycles. The summed E-state index contributed by atoms with van der Waals surface area (Å²) < 4.78 is 17.0. The SMILES string of the molecule is CC/C=C\C/C=C\C/C=C\CCCCCC(=O)OCC(COC(=O)CCCCCCCCCCCCCCCCCC/C=C\C/C=C\C/C=C\CCCCCCC)OC(=O)CCCCCCCCCCCCCCCCCCCCCC. The Kier molecular flexibility index (Phi) is 67.6. The second kappa shape index (κ2) is 70.3. The van der Waals surface area contributed by atoms with Gasteiger partial charge in [-0.15, -0.1) is 0 Å². The second-order valence-corrected chi connectivity index (χ2v) is 24.1. The van der Waals surface area contributed by atoms with E-state index in [0.717, 1.165) is 96.3 Å². The van der Waals surface area contributed by atoms with E-state index >= 15 is 0 Å². The highest BCUT2D eigenvalue weighted by molar-refractivity contribution is 5.71. The van der Waals surface area contributed by atoms with Crippen molar-refractivity contribution in [2.24, 2.45) is 0 Å². The Morgan fingerprint density at radius 3 is 0.756 bits per heavy atom. The molecule has 0 radical (unpaired) electrons. The molecule has 0 aliphatic carbocycles. The third kappa shape index (κ3) is 67.6. The molecule has 476 valence electrons. The largest absolute Gasteiger partial charge is 0.462 e. The summed E-state index contributed by atoms with van der Waals surface area (Å²) in [6, 6.07) is 0. The van der Waals surface area contributed by atoms with E-state index in [1.165, 1.54) is 238 Å². The Hall–Kier alpha value is -3.15. The number of ether oxygens (including phenoxy) is 3. The lowest BCUT2D eigenvalue weighted by molar-refractivity contribution is -0.167. The average Bonchev–Trinajstić information content (AvgIpc) is 3.47. The van der Waals surface area contributed by atoms with E-state index in [2.05, 4.69) is 93.7 Å². The molecule has 0 aromatic carbocycles. The smallest absolute Gasteiger partial charge is 0.306 e. The van der Waals surface area contributed by atoms with Crippen molar-refractivity contribution in [1.29, 1.82) is 0 Å². The number of allylic oxidation sites excluding steroid dienone is 12. The fourth-order valence-electron chi connectivity index (χ4n) is 10.6. The van der Waals surface area contributed by atoms with Crippen LogP contribution in [0, 0.1) is 0 Å². The van der Waals surface area contributed by atoms with Crippen molar-refractivity contribution in [2.45, 2.75) is 380 Å². The third-order valence-corrected chi connectivity index (χ3v) is 15.9. The molecule has 82 heavy (non-hydrogen) atoms. The molecule has 0 aliphatic heterocycles. The minimum atomic E-state index is -0.786. The van der Waals surface area contributed by atoms with Gasteiger partial charge in [0, 0.05) is 19.3 Å². The highest BCUT2D eigenvalue weighted by Crippen LogP contribution is 2.18. The van der Waals surface area contributed by atoms with Crippen LogP contribution in [0.5, 0.6) is 0 Å². The Bertz CT molecular complexity index is 1500. The van der Waals surface area contributed by atoms with Crippen LogP contribution in [0.3, 0.4) is 0 Å². The fourth-order valence-corrected chi connectivity index (χ4v) is 10.6. The van der Waals surface area contributed by atoms with Gasteiger partial charge in [0.05, 0.1) is 0 Å². The van der Waals surface area contributed by atoms with Crippen LogP contribution in [0.15, 0.2) is 72.9 Å². The number of carbonyl (C=O) groups is 3. The molecule has 1 unspecified atom stereocenters. The quantitative estimate of drug-likeness (QED) is 0.0261. The summed E-state index contributed by atoms with van der Waals surface area (Å²) in [5, 5.41) is 0. The lowest BCUT2D eigenvalue weighted by atomic mass is 10.0. The summed E-state index contributed by atoms with van der Waals surface area (Å²) >= 11 is 0. The van der Waals surface area contributed by atoms with Gasteiger partial charge in [0.1, 0.15) is 13.2 Å². The molecule has 0 saturated heterocycles. The maximum Gasteiger partial charge on any atom is 0.306 e. The molecule has 1 atom stereocenters. The topological polar surface area (TPSA) is 78.9 Å². The zero-order valence-electron chi connectivity index (χ0n) is 54.8. The second-order valence-electron chi connectivity index (χ2n) is 24.1. The summed E-state index contributed by atoms with van der Waals surface area (Å²) in [5.74, 6) is -0.889. The maximum absolute atomic E-state index is 12.9. The van der Waals surface area contributed by atoms with Crippen LogP contribution in [0.25, 0.3) is 0 Å². The van der Waals surface area contributed by atoms with Crippen molar-refractivity contribution >= 4 is 17.9 Å². The first-order valence-corrected chi connectivity index (χ1v) is 35.9. The summed E-state index contributed by atoms with van der Waals surface area (Å²) in [4.78, 5) is 38.4. The van der Waals surface area contributed by atoms with Crippen molar-refractivity contribution in [3.63, 3.8) is 0 Å². The van der Waals surface area contributed by atoms with Gasteiger partial charge in [0.2, 0.25) is 0 Å². The molecule has 0 spiro atoms. The molecule has 0 aromatic rings. The number of hydrogen-bond donors (Lipinski definition) is 0. The predicted octanol–water partition coefficient (Wildman–Crippen LogP) is 24.8. The minimum Gasteiger partial charge on any atom is -0.462 e. The molecule has 0 rings (SSSR count). The predicted molar refractivity (Wildman–Crippen MR) is 358 cm³/mol. The van der Waals surface area contributed by atoms with E-state index in [1.54, 1.807) is 0 Å². The highest BCUT2D eigenvalue weighted by Gasteiger charge is 2.19. The Morgan fingerprint density at radius 1 is 0.256 bits per heavy atom. The number of unbranched alkanes of at least 4 members (excludes halogenated alkanes) is 43. The van der Waals surface area contributed by atoms with Gasteiger partial charge in [-0.05, 0) is 89.9 Å². The van der Waals surface area contributed by atoms with Crippen LogP contribution in [-0.2, 0) is 28.6 Å². The van der Waals surface area contributed by atoms with Gasteiger partial charge in [-0.25, -0.2) is 0 Å². The Morgan fingerprint density at radius 2 is 0.476 bits per heavy atom. The van der Waals surface area contributed by atoms with Crippen LogP contribution in [0.4, 0.5) is 0 Å². The van der Waals surface area contributed by atoms with Crippen LogP contribution in [-0.4, -0.2) is 37.2 Å². The fraction of sp³-hybridized carbons (Fsp3) is 0.803. The zero-order chi connectivity index (χ0) is 59.2. The van der Waals surface area contributed by atoms with Crippen molar-refractivity contribution in [3.8, 4) is 0 Å². The van der Waals surface area contributed by atoms with Gasteiger partial charge >= 0.3 is 17.9 Å². The average molecular weight is 1150 g/mol. The molecule has 0 fully saturated rings. The van der Waals surface area contributed by atoms with E-state index in [0.29, 0.717) is 19.3 Å². The first-order chi connectivity index (χ1) is 40.5. The van der Waals surface area contributed by atoms with Gasteiger partial charge in [-0.1, -0.05) is 338 Å². The third-order valence-electron chi connectivity index (χ3n) is 15.9. The zero-order valence-corrected chi connectivity index (χ0v) is 54.8. The van der Waals surface area contributed by atoms with Gasteiger partial charge in [-0.2, -0.15) is 0 Å². The van der Waals surface area contributed by atoms with Crippen LogP contribution in [0.1, 0.15) is 374 Å². The van der Waals surface area contributed by atoms with Crippen molar-refractivity contribution in [2.75, 3.05) is 13.2 Å². The number of hydrogen-bond acceptors (Lipinski definition) is 6. The summed E-state index contributed by atoms with van der Waals surface area (Å²) in [6.07, 6.45) is 92.3. The maximum atomic E-state index is 12.9. The van der Waals surface area contributed by atoms with E-state index < -0.39 is 6.10 Å². The van der Waals surface area contributed by atoms with Crippen molar-refractivity contribution < 1.29 is 28.6 Å². The van der Waals surface area contributed by atoms with Crippen molar-refractivity contribution in [1.82, 2.24) is 0 Å². The van der Waals surface area contributed by atoms with Gasteiger partial charge in [0.25, 0.3) is 0 Å². The summed E-state index contributed by atoms with van der Waals surface area (Å²) in [7, 11) is 0. The number of carbonyl (C=O) groups excluding carboxylic acids is 3. The molecule has 0 N–H and O–H groups in total. The molecule has 0 bridgehead atoms. The van der Waals surface area contributed by atoms with Crippen LogP contribution in [0.2, 0.25) is 0 Å². The first-order valence-electron chi connectivity index (χ1n) is 35.9. The number of rotatable bonds is 66. The lowest BCUT2D eigenvalue weighted by Crippen LogP contribution is -2.30. The summed E-state index contributed by atoms with van der Waals surface area (Å²) in [6.45, 7) is 6.55. The van der Waals surface area contributed by atoms with Gasteiger partial charge in [0.15, 0.2) is 6.10 Å². The molecule has 0 heterocycles. The number of esters is 3. The molecular weight excluding hydrogens is 1010 g/mol. The Labute approximate surface area is 510 Å². The summed E-state index contributed by atoms with van der Waals surface area (Å²) in [5.41, 5.74) is 0. The molecule has 0 amide bonds. The monoisotopic (exact) mass is 1150 g/mol. The molecule has 0 aliphatic rings. The van der Waals surface area contributed by atoms with E-state index in [4.69, 9.17) is 14.2 Å². The molecule has 0 saturated carbocycles.